The van der Waals surface area contributed by atoms with E-state index in [0.717, 1.165) is 6.07 Å². The van der Waals surface area contributed by atoms with Crippen LogP contribution in [0.1, 0.15) is 10.4 Å². The standard InChI is InChI=1S/C15H11F3N2O3S/c16-10-4-3-9(12(17)13(10)18)14(21)19-6-8-7-20(15(22)23-8)11-2-1-5-24-11/h1-5,8H,6-7H2,(H,19,21). The molecule has 1 atom stereocenters. The minimum atomic E-state index is -1.71. The molecular formula is C15H11F3N2O3S. The van der Waals surface area contributed by atoms with Crippen LogP contribution < -0.4 is 10.2 Å². The van der Waals surface area contributed by atoms with Crippen molar-refractivity contribution in [2.75, 3.05) is 18.0 Å². The lowest BCUT2D eigenvalue weighted by molar-refractivity contribution is 0.0911. The first-order chi connectivity index (χ1) is 11.5. The van der Waals surface area contributed by atoms with Crippen molar-refractivity contribution in [3.05, 3.63) is 52.7 Å². The van der Waals surface area contributed by atoms with Crippen molar-refractivity contribution < 1.29 is 27.5 Å². The lowest BCUT2D eigenvalue weighted by Gasteiger charge is -2.11. The summed E-state index contributed by atoms with van der Waals surface area (Å²) < 4.78 is 44.7. The third-order valence-electron chi connectivity index (χ3n) is 3.42. The maximum Gasteiger partial charge on any atom is 0.415 e. The molecule has 2 heterocycles. The number of hydrogen-bond donors (Lipinski definition) is 1. The molecule has 9 heteroatoms. The molecular weight excluding hydrogens is 345 g/mol. The van der Waals surface area contributed by atoms with E-state index in [0.29, 0.717) is 11.1 Å². The number of cyclic esters (lactones) is 1. The number of benzene rings is 1. The molecule has 1 aromatic carbocycles. The molecule has 2 amide bonds. The lowest BCUT2D eigenvalue weighted by atomic mass is 10.2. The Hall–Kier alpha value is -2.55. The quantitative estimate of drug-likeness (QED) is 0.857. The molecule has 126 valence electrons. The van der Waals surface area contributed by atoms with E-state index in [2.05, 4.69) is 5.32 Å². The van der Waals surface area contributed by atoms with Crippen LogP contribution in [0.2, 0.25) is 0 Å². The van der Waals surface area contributed by atoms with Gasteiger partial charge >= 0.3 is 6.09 Å². The van der Waals surface area contributed by atoms with E-state index < -0.39 is 41.1 Å². The Morgan fingerprint density at radius 1 is 1.29 bits per heavy atom. The normalized spacial score (nSPS) is 17.0. The predicted molar refractivity (Wildman–Crippen MR) is 80.6 cm³/mol. The highest BCUT2D eigenvalue weighted by Crippen LogP contribution is 2.26. The number of ether oxygens (including phenoxy) is 1. The van der Waals surface area contributed by atoms with Crippen molar-refractivity contribution in [1.82, 2.24) is 5.32 Å². The Labute approximate surface area is 138 Å². The summed E-state index contributed by atoms with van der Waals surface area (Å²) in [6.45, 7) is 0.144. The zero-order valence-corrected chi connectivity index (χ0v) is 12.9. The fourth-order valence-electron chi connectivity index (χ4n) is 2.23. The van der Waals surface area contributed by atoms with Crippen LogP contribution in [0.4, 0.5) is 23.0 Å². The summed E-state index contributed by atoms with van der Waals surface area (Å²) in [5, 5.41) is 4.86. The van der Waals surface area contributed by atoms with Gasteiger partial charge in [-0.3, -0.25) is 9.69 Å². The van der Waals surface area contributed by atoms with Gasteiger partial charge in [0.1, 0.15) is 11.1 Å². The van der Waals surface area contributed by atoms with Crippen molar-refractivity contribution >= 4 is 28.3 Å². The van der Waals surface area contributed by atoms with Crippen LogP contribution >= 0.6 is 11.3 Å². The number of nitrogens with zero attached hydrogens (tertiary/aromatic N) is 1. The number of nitrogens with one attached hydrogen (secondary N) is 1. The van der Waals surface area contributed by atoms with Gasteiger partial charge in [-0.15, -0.1) is 11.3 Å². The van der Waals surface area contributed by atoms with Gasteiger partial charge in [-0.2, -0.15) is 0 Å². The van der Waals surface area contributed by atoms with Gasteiger partial charge in [-0.05, 0) is 29.6 Å². The Morgan fingerprint density at radius 3 is 2.79 bits per heavy atom. The topological polar surface area (TPSA) is 58.6 Å². The van der Waals surface area contributed by atoms with Gasteiger partial charge in [0.2, 0.25) is 0 Å². The van der Waals surface area contributed by atoms with E-state index in [1.165, 1.54) is 16.2 Å². The number of carbonyl (C=O) groups excluding carboxylic acids is 2. The summed E-state index contributed by atoms with van der Waals surface area (Å²) in [5.41, 5.74) is -0.617. The molecule has 0 radical (unpaired) electrons. The van der Waals surface area contributed by atoms with E-state index >= 15 is 0 Å². The summed E-state index contributed by atoms with van der Waals surface area (Å²) in [6.07, 6.45) is -1.17. The maximum absolute atomic E-state index is 13.6. The molecule has 1 aliphatic heterocycles. The number of halogens is 3. The van der Waals surface area contributed by atoms with E-state index in [4.69, 9.17) is 4.74 Å². The number of hydrogen-bond acceptors (Lipinski definition) is 4. The lowest BCUT2D eigenvalue weighted by Crippen LogP contribution is -2.35. The number of anilines is 1. The minimum absolute atomic E-state index is 0.0785. The first-order valence-corrected chi connectivity index (χ1v) is 7.78. The maximum atomic E-state index is 13.6. The smallest absolute Gasteiger partial charge is 0.415 e. The van der Waals surface area contributed by atoms with Crippen molar-refractivity contribution in [1.29, 1.82) is 0 Å². The van der Waals surface area contributed by atoms with Crippen LogP contribution in [0.25, 0.3) is 0 Å². The molecule has 24 heavy (non-hydrogen) atoms. The summed E-state index contributed by atoms with van der Waals surface area (Å²) in [6, 6.07) is 5.06. The zero-order valence-electron chi connectivity index (χ0n) is 12.1. The van der Waals surface area contributed by atoms with Crippen molar-refractivity contribution in [3.63, 3.8) is 0 Å². The highest BCUT2D eigenvalue weighted by Gasteiger charge is 2.33. The minimum Gasteiger partial charge on any atom is -0.442 e. The predicted octanol–water partition coefficient (Wildman–Crippen LogP) is 2.92. The highest BCUT2D eigenvalue weighted by molar-refractivity contribution is 7.14. The van der Waals surface area contributed by atoms with Gasteiger partial charge in [-0.25, -0.2) is 18.0 Å². The Balaban J connectivity index is 1.61. The second kappa shape index (κ2) is 6.52. The Kier molecular flexibility index (Phi) is 4.43. The van der Waals surface area contributed by atoms with Crippen molar-refractivity contribution in [2.24, 2.45) is 0 Å². The van der Waals surface area contributed by atoms with Crippen LogP contribution in [0.3, 0.4) is 0 Å². The van der Waals surface area contributed by atoms with Gasteiger partial charge in [0, 0.05) is 0 Å². The monoisotopic (exact) mass is 356 g/mol. The SMILES string of the molecule is O=C(NCC1CN(c2cccs2)C(=O)O1)c1ccc(F)c(F)c1F. The molecule has 2 aromatic rings. The average molecular weight is 356 g/mol. The van der Waals surface area contributed by atoms with Gasteiger partial charge in [-0.1, -0.05) is 0 Å². The second-order valence-electron chi connectivity index (χ2n) is 5.00. The fraction of sp³-hybridized carbons (Fsp3) is 0.200. The highest BCUT2D eigenvalue weighted by atomic mass is 32.1. The molecule has 0 bridgehead atoms. The molecule has 0 saturated carbocycles. The number of rotatable bonds is 4. The summed E-state index contributed by atoms with van der Waals surface area (Å²) in [5.74, 6) is -5.56. The third-order valence-corrected chi connectivity index (χ3v) is 4.31. The summed E-state index contributed by atoms with van der Waals surface area (Å²) in [4.78, 5) is 25.1. The van der Waals surface area contributed by atoms with Gasteiger partial charge in [0.15, 0.2) is 17.5 Å². The Morgan fingerprint density at radius 2 is 2.08 bits per heavy atom. The molecule has 3 rings (SSSR count). The molecule has 1 aliphatic rings. The van der Waals surface area contributed by atoms with E-state index in [-0.39, 0.29) is 13.1 Å². The van der Waals surface area contributed by atoms with Crippen LogP contribution in [0.5, 0.6) is 0 Å². The van der Waals surface area contributed by atoms with Gasteiger partial charge in [0.05, 0.1) is 18.7 Å². The summed E-state index contributed by atoms with van der Waals surface area (Å²) in [7, 11) is 0. The second-order valence-corrected chi connectivity index (χ2v) is 5.93. The fourth-order valence-corrected chi connectivity index (χ4v) is 2.96. The Bertz CT molecular complexity index is 783. The molecule has 1 N–H and O–H groups in total. The molecule has 1 unspecified atom stereocenters. The van der Waals surface area contributed by atoms with Crippen LogP contribution in [-0.2, 0) is 4.74 Å². The average Bonchev–Trinajstić information content (AvgIpc) is 3.19. The summed E-state index contributed by atoms with van der Waals surface area (Å²) >= 11 is 1.36. The van der Waals surface area contributed by atoms with Gasteiger partial charge < -0.3 is 10.1 Å². The van der Waals surface area contributed by atoms with Crippen LogP contribution in [-0.4, -0.2) is 31.2 Å². The molecule has 5 nitrogen and oxygen atoms in total. The molecule has 1 saturated heterocycles. The number of carbonyl (C=O) groups is 2. The van der Waals surface area contributed by atoms with Gasteiger partial charge in [0.25, 0.3) is 5.91 Å². The van der Waals surface area contributed by atoms with Crippen molar-refractivity contribution in [3.8, 4) is 0 Å². The first kappa shape index (κ1) is 16.3. The third kappa shape index (κ3) is 3.07. The molecule has 0 aliphatic carbocycles. The largest absolute Gasteiger partial charge is 0.442 e. The van der Waals surface area contributed by atoms with Crippen molar-refractivity contribution in [2.45, 2.75) is 6.10 Å². The van der Waals surface area contributed by atoms with Crippen LogP contribution in [0, 0.1) is 17.5 Å². The number of thiophene rings is 1. The number of amides is 2. The van der Waals surface area contributed by atoms with Crippen LogP contribution in [0.15, 0.2) is 29.6 Å². The molecule has 1 aromatic heterocycles. The zero-order chi connectivity index (χ0) is 17.3. The molecule has 0 spiro atoms. The van der Waals surface area contributed by atoms with E-state index in [1.807, 2.05) is 5.38 Å². The molecule has 1 fully saturated rings. The van der Waals surface area contributed by atoms with E-state index in [1.54, 1.807) is 12.1 Å². The van der Waals surface area contributed by atoms with E-state index in [9.17, 15) is 22.8 Å². The first-order valence-electron chi connectivity index (χ1n) is 6.90.